The van der Waals surface area contributed by atoms with Crippen molar-refractivity contribution in [2.45, 2.75) is 32.7 Å². The minimum atomic E-state index is 0.0778. The van der Waals surface area contributed by atoms with Crippen LogP contribution in [-0.2, 0) is 11.3 Å². The molecule has 0 saturated carbocycles. The second kappa shape index (κ2) is 7.46. The van der Waals surface area contributed by atoms with Gasteiger partial charge in [0.05, 0.1) is 6.54 Å². The van der Waals surface area contributed by atoms with E-state index in [0.29, 0.717) is 13.0 Å². The van der Waals surface area contributed by atoms with E-state index in [1.54, 1.807) is 0 Å². The van der Waals surface area contributed by atoms with Gasteiger partial charge >= 0.3 is 0 Å². The van der Waals surface area contributed by atoms with Crippen molar-refractivity contribution in [3.63, 3.8) is 0 Å². The summed E-state index contributed by atoms with van der Waals surface area (Å²) in [6.45, 7) is 4.83. The zero-order chi connectivity index (χ0) is 20.7. The van der Waals surface area contributed by atoms with Gasteiger partial charge in [-0.3, -0.25) is 4.79 Å². The number of rotatable bonds is 3. The van der Waals surface area contributed by atoms with E-state index in [1.807, 2.05) is 4.90 Å². The molecule has 4 aromatic rings. The zero-order valence-corrected chi connectivity index (χ0v) is 17.4. The summed E-state index contributed by atoms with van der Waals surface area (Å²) in [6, 6.07) is 29.7. The number of benzene rings is 4. The summed E-state index contributed by atoms with van der Waals surface area (Å²) in [7, 11) is 0. The molecule has 4 aromatic carbocycles. The predicted octanol–water partition coefficient (Wildman–Crippen LogP) is 6.53. The molecule has 148 valence electrons. The number of hydrogen-bond acceptors (Lipinski definition) is 1. The Hall–Kier alpha value is -3.39. The van der Waals surface area contributed by atoms with Gasteiger partial charge in [0.15, 0.2) is 0 Å². The number of carbonyl (C=O) groups is 1. The van der Waals surface area contributed by atoms with Crippen molar-refractivity contribution in [1.82, 2.24) is 0 Å². The van der Waals surface area contributed by atoms with E-state index < -0.39 is 0 Å². The van der Waals surface area contributed by atoms with E-state index in [-0.39, 0.29) is 11.8 Å². The molecule has 0 aromatic heterocycles. The number of carbonyl (C=O) groups excluding carboxylic acids is 1. The Morgan fingerprint density at radius 3 is 2.37 bits per heavy atom. The summed E-state index contributed by atoms with van der Waals surface area (Å²) in [5.41, 5.74) is 7.18. The van der Waals surface area contributed by atoms with Crippen molar-refractivity contribution >= 4 is 22.4 Å². The van der Waals surface area contributed by atoms with Gasteiger partial charge in [-0.1, -0.05) is 84.4 Å². The second-order valence-corrected chi connectivity index (χ2v) is 8.30. The number of nitrogens with zero attached hydrogens (tertiary/aromatic N) is 1. The lowest BCUT2D eigenvalue weighted by Crippen LogP contribution is -2.36. The largest absolute Gasteiger partial charge is 0.308 e. The van der Waals surface area contributed by atoms with Crippen molar-refractivity contribution in [3.05, 3.63) is 113 Å². The molecule has 0 bridgehead atoms. The fourth-order valence-corrected chi connectivity index (χ4v) is 4.70. The Morgan fingerprint density at radius 2 is 1.57 bits per heavy atom. The van der Waals surface area contributed by atoms with Crippen LogP contribution in [0.1, 0.15) is 40.2 Å². The van der Waals surface area contributed by atoms with Gasteiger partial charge in [-0.2, -0.15) is 0 Å². The Morgan fingerprint density at radius 1 is 0.833 bits per heavy atom. The van der Waals surface area contributed by atoms with Crippen LogP contribution in [0.15, 0.2) is 84.9 Å². The fraction of sp³-hybridized carbons (Fsp3) is 0.179. The molecule has 1 heterocycles. The Bertz CT molecular complexity index is 1240. The highest BCUT2D eigenvalue weighted by atomic mass is 16.2. The molecule has 2 heteroatoms. The molecule has 0 saturated heterocycles. The molecule has 1 atom stereocenters. The Kier molecular flexibility index (Phi) is 4.63. The van der Waals surface area contributed by atoms with Crippen LogP contribution in [0.2, 0.25) is 0 Å². The van der Waals surface area contributed by atoms with Gasteiger partial charge in [0.25, 0.3) is 0 Å². The summed E-state index contributed by atoms with van der Waals surface area (Å²) in [6.07, 6.45) is 0.498. The lowest BCUT2D eigenvalue weighted by molar-refractivity contribution is -0.119. The van der Waals surface area contributed by atoms with Crippen LogP contribution in [-0.4, -0.2) is 5.91 Å². The Labute approximate surface area is 177 Å². The van der Waals surface area contributed by atoms with E-state index in [1.165, 1.54) is 33.0 Å². The highest BCUT2D eigenvalue weighted by Gasteiger charge is 2.34. The van der Waals surface area contributed by atoms with E-state index in [4.69, 9.17) is 0 Å². The summed E-state index contributed by atoms with van der Waals surface area (Å²) in [4.78, 5) is 15.4. The minimum Gasteiger partial charge on any atom is -0.308 e. The molecule has 0 radical (unpaired) electrons. The van der Waals surface area contributed by atoms with Crippen LogP contribution >= 0.6 is 0 Å². The summed E-state index contributed by atoms with van der Waals surface area (Å²) in [5, 5.41) is 2.46. The number of aryl methyl sites for hydroxylation is 2. The maximum atomic E-state index is 13.4. The van der Waals surface area contributed by atoms with Gasteiger partial charge in [0.1, 0.15) is 0 Å². The third-order valence-corrected chi connectivity index (χ3v) is 6.29. The third-order valence-electron chi connectivity index (χ3n) is 6.29. The van der Waals surface area contributed by atoms with Crippen LogP contribution < -0.4 is 4.90 Å². The smallest absolute Gasteiger partial charge is 0.228 e. The first-order chi connectivity index (χ1) is 14.6. The molecule has 0 fully saturated rings. The highest BCUT2D eigenvalue weighted by Crippen LogP contribution is 2.45. The number of anilines is 1. The summed E-state index contributed by atoms with van der Waals surface area (Å²) in [5.74, 6) is 0.265. The molecule has 30 heavy (non-hydrogen) atoms. The average molecular weight is 392 g/mol. The number of fused-ring (bicyclic) bond motifs is 3. The van der Waals surface area contributed by atoms with Crippen molar-refractivity contribution in [2.24, 2.45) is 0 Å². The van der Waals surface area contributed by atoms with E-state index in [9.17, 15) is 4.79 Å². The van der Waals surface area contributed by atoms with Crippen molar-refractivity contribution in [2.75, 3.05) is 4.90 Å². The lowest BCUT2D eigenvalue weighted by atomic mass is 9.79. The Balaban J connectivity index is 1.69. The van der Waals surface area contributed by atoms with Crippen LogP contribution in [0.5, 0.6) is 0 Å². The molecular formula is C28H25NO. The number of hydrogen-bond donors (Lipinski definition) is 0. The first kappa shape index (κ1) is 18.6. The van der Waals surface area contributed by atoms with Crippen molar-refractivity contribution in [1.29, 1.82) is 0 Å². The summed E-state index contributed by atoms with van der Waals surface area (Å²) >= 11 is 0. The molecule has 1 unspecified atom stereocenters. The highest BCUT2D eigenvalue weighted by molar-refractivity contribution is 6.03. The van der Waals surface area contributed by atoms with E-state index >= 15 is 0 Å². The molecule has 1 aliphatic heterocycles. The van der Waals surface area contributed by atoms with Crippen molar-refractivity contribution in [3.8, 4) is 0 Å². The molecule has 5 rings (SSSR count). The first-order valence-electron chi connectivity index (χ1n) is 10.5. The monoisotopic (exact) mass is 391 g/mol. The zero-order valence-electron chi connectivity index (χ0n) is 17.4. The average Bonchev–Trinajstić information content (AvgIpc) is 2.77. The predicted molar refractivity (Wildman–Crippen MR) is 124 cm³/mol. The molecular weight excluding hydrogens is 366 g/mol. The molecule has 1 aliphatic rings. The van der Waals surface area contributed by atoms with Crippen molar-refractivity contribution < 1.29 is 4.79 Å². The van der Waals surface area contributed by atoms with Crippen LogP contribution in [0.4, 0.5) is 5.69 Å². The first-order valence-corrected chi connectivity index (χ1v) is 10.5. The molecule has 2 nitrogen and oxygen atoms in total. The van der Waals surface area contributed by atoms with Gasteiger partial charge in [0, 0.05) is 18.0 Å². The standard InChI is InChI=1S/C28H25NO/c1-19-11-13-21(14-12-19)18-29-26-16-15-22-8-4-6-10-24(22)28(26)25(17-27(29)30)23-9-5-3-7-20(23)2/h3-16,25H,17-18H2,1-2H3. The van der Waals surface area contributed by atoms with Crippen LogP contribution in [0.3, 0.4) is 0 Å². The third kappa shape index (κ3) is 3.19. The number of amides is 1. The normalized spacial score (nSPS) is 16.0. The molecule has 1 amide bonds. The van der Waals surface area contributed by atoms with E-state index in [2.05, 4.69) is 98.8 Å². The minimum absolute atomic E-state index is 0.0778. The molecule has 0 N–H and O–H groups in total. The summed E-state index contributed by atoms with van der Waals surface area (Å²) < 4.78 is 0. The van der Waals surface area contributed by atoms with Gasteiger partial charge in [0.2, 0.25) is 5.91 Å². The van der Waals surface area contributed by atoms with Gasteiger partial charge in [-0.05, 0) is 52.9 Å². The maximum absolute atomic E-state index is 13.4. The van der Waals surface area contributed by atoms with Crippen LogP contribution in [0.25, 0.3) is 10.8 Å². The quantitative estimate of drug-likeness (QED) is 0.389. The molecule has 0 aliphatic carbocycles. The molecule has 0 spiro atoms. The van der Waals surface area contributed by atoms with Gasteiger partial charge < -0.3 is 4.90 Å². The van der Waals surface area contributed by atoms with Crippen LogP contribution in [0, 0.1) is 13.8 Å². The van der Waals surface area contributed by atoms with Gasteiger partial charge in [-0.15, -0.1) is 0 Å². The maximum Gasteiger partial charge on any atom is 0.228 e. The second-order valence-electron chi connectivity index (χ2n) is 8.30. The lowest BCUT2D eigenvalue weighted by Gasteiger charge is -2.36. The SMILES string of the molecule is Cc1ccc(CN2C(=O)CC(c3ccccc3C)c3c2ccc2ccccc32)cc1. The fourth-order valence-electron chi connectivity index (χ4n) is 4.70. The topological polar surface area (TPSA) is 20.3 Å². The van der Waals surface area contributed by atoms with Gasteiger partial charge in [-0.25, -0.2) is 0 Å². The van der Waals surface area contributed by atoms with E-state index in [0.717, 1.165) is 11.3 Å².